The van der Waals surface area contributed by atoms with Gasteiger partial charge >= 0.3 is 6.03 Å². The third-order valence-corrected chi connectivity index (χ3v) is 5.89. The Balaban J connectivity index is 1.36. The highest BCUT2D eigenvalue weighted by atomic mass is 16.2. The van der Waals surface area contributed by atoms with Crippen LogP contribution in [0.1, 0.15) is 37.7 Å². The number of benzene rings is 1. The molecule has 34 heavy (non-hydrogen) atoms. The maximum absolute atomic E-state index is 12.8. The summed E-state index contributed by atoms with van der Waals surface area (Å²) in [6.07, 6.45) is 1.77. The summed E-state index contributed by atoms with van der Waals surface area (Å²) in [7, 11) is 0. The van der Waals surface area contributed by atoms with Crippen molar-refractivity contribution in [1.29, 1.82) is 0 Å². The highest BCUT2D eigenvalue weighted by Crippen LogP contribution is 2.24. The Kier molecular flexibility index (Phi) is 6.68. The van der Waals surface area contributed by atoms with Crippen molar-refractivity contribution in [3.05, 3.63) is 65.6 Å². The van der Waals surface area contributed by atoms with Crippen LogP contribution in [0.5, 0.6) is 0 Å². The molecule has 1 aromatic carbocycles. The van der Waals surface area contributed by atoms with Gasteiger partial charge in [-0.3, -0.25) is 0 Å². The minimum Gasteiger partial charge on any atom is -0.353 e. The van der Waals surface area contributed by atoms with Gasteiger partial charge in [0.05, 0.1) is 0 Å². The lowest BCUT2D eigenvalue weighted by Gasteiger charge is -2.35. The van der Waals surface area contributed by atoms with Gasteiger partial charge in [0.15, 0.2) is 0 Å². The van der Waals surface area contributed by atoms with E-state index in [1.165, 1.54) is 5.56 Å². The fraction of sp³-hybridized carbons (Fsp3) is 0.385. The van der Waals surface area contributed by atoms with E-state index in [0.717, 1.165) is 22.9 Å². The minimum atomic E-state index is -0.0742. The molecule has 0 spiro atoms. The molecule has 2 amide bonds. The molecular formula is C26H33N7O. The molecule has 1 aliphatic heterocycles. The Morgan fingerprint density at radius 1 is 0.912 bits per heavy atom. The van der Waals surface area contributed by atoms with Crippen molar-refractivity contribution in [2.45, 2.75) is 40.0 Å². The molecule has 0 aliphatic carbocycles. The molecule has 3 aromatic rings. The molecule has 4 rings (SSSR count). The average molecular weight is 460 g/mol. The van der Waals surface area contributed by atoms with Gasteiger partial charge in [-0.1, -0.05) is 32.9 Å². The van der Waals surface area contributed by atoms with E-state index in [-0.39, 0.29) is 11.4 Å². The zero-order valence-electron chi connectivity index (χ0n) is 20.6. The lowest BCUT2D eigenvalue weighted by molar-refractivity contribution is 0.208. The number of rotatable bonds is 4. The van der Waals surface area contributed by atoms with Gasteiger partial charge in [-0.25, -0.2) is 19.7 Å². The molecule has 2 N–H and O–H groups in total. The van der Waals surface area contributed by atoms with Crippen molar-refractivity contribution < 1.29 is 4.79 Å². The van der Waals surface area contributed by atoms with Crippen molar-refractivity contribution in [2.75, 3.05) is 41.7 Å². The van der Waals surface area contributed by atoms with Gasteiger partial charge < -0.3 is 20.4 Å². The van der Waals surface area contributed by atoms with Crippen molar-refractivity contribution in [3.8, 4) is 0 Å². The van der Waals surface area contributed by atoms with Gasteiger partial charge in [0.2, 0.25) is 0 Å². The molecule has 0 atom stereocenters. The zero-order chi connectivity index (χ0) is 24.3. The van der Waals surface area contributed by atoms with E-state index in [1.807, 2.05) is 49.1 Å². The van der Waals surface area contributed by atoms with Crippen molar-refractivity contribution in [2.24, 2.45) is 0 Å². The SMILES string of the molecule is Cc1ccnc(Nc2cc(N3CCN(C(=O)Nc4ccc(C(C)(C)C)cc4)CC3)nc(C)n2)c1. The standard InChI is InChI=1S/C26H33N7O/c1-18-10-11-27-22(16-18)31-23-17-24(29-19(2)28-23)32-12-14-33(15-13-32)25(34)30-21-8-6-20(7-9-21)26(3,4)5/h6-11,16-17H,12-15H2,1-5H3,(H,30,34)(H,27,28,29,31). The first kappa shape index (κ1) is 23.5. The summed E-state index contributed by atoms with van der Waals surface area (Å²) in [6, 6.07) is 13.9. The lowest BCUT2D eigenvalue weighted by Crippen LogP contribution is -2.50. The van der Waals surface area contributed by atoms with Crippen LogP contribution >= 0.6 is 0 Å². The maximum Gasteiger partial charge on any atom is 0.321 e. The fourth-order valence-electron chi connectivity index (χ4n) is 3.91. The molecule has 178 valence electrons. The predicted octanol–water partition coefficient (Wildman–Crippen LogP) is 4.88. The Morgan fingerprint density at radius 3 is 2.26 bits per heavy atom. The number of hydrogen-bond donors (Lipinski definition) is 2. The van der Waals surface area contributed by atoms with Crippen LogP contribution in [0.3, 0.4) is 0 Å². The van der Waals surface area contributed by atoms with Gasteiger partial charge in [-0.15, -0.1) is 0 Å². The average Bonchev–Trinajstić information content (AvgIpc) is 2.78. The van der Waals surface area contributed by atoms with E-state index in [4.69, 9.17) is 0 Å². The van der Waals surface area contributed by atoms with E-state index in [2.05, 4.69) is 63.4 Å². The molecule has 1 saturated heterocycles. The molecule has 8 nitrogen and oxygen atoms in total. The second kappa shape index (κ2) is 9.67. The quantitative estimate of drug-likeness (QED) is 0.578. The van der Waals surface area contributed by atoms with Crippen molar-refractivity contribution >= 4 is 29.2 Å². The second-order valence-electron chi connectivity index (χ2n) is 9.73. The van der Waals surface area contributed by atoms with Crippen LogP contribution in [0.2, 0.25) is 0 Å². The number of piperazine rings is 1. The molecule has 2 aromatic heterocycles. The molecule has 1 aliphatic rings. The summed E-state index contributed by atoms with van der Waals surface area (Å²) >= 11 is 0. The van der Waals surface area contributed by atoms with E-state index >= 15 is 0 Å². The molecule has 0 radical (unpaired) electrons. The smallest absolute Gasteiger partial charge is 0.321 e. The minimum absolute atomic E-state index is 0.0742. The molecule has 0 unspecified atom stereocenters. The number of aryl methyl sites for hydroxylation is 2. The topological polar surface area (TPSA) is 86.3 Å². The van der Waals surface area contributed by atoms with Crippen LogP contribution in [-0.4, -0.2) is 52.1 Å². The first-order valence-electron chi connectivity index (χ1n) is 11.6. The zero-order valence-corrected chi connectivity index (χ0v) is 20.6. The third kappa shape index (κ3) is 5.81. The van der Waals surface area contributed by atoms with Crippen LogP contribution in [0.25, 0.3) is 0 Å². The van der Waals surface area contributed by atoms with Crippen molar-refractivity contribution in [3.63, 3.8) is 0 Å². The van der Waals surface area contributed by atoms with Gasteiger partial charge in [0.1, 0.15) is 23.3 Å². The van der Waals surface area contributed by atoms with E-state index in [0.29, 0.717) is 37.8 Å². The predicted molar refractivity (Wildman–Crippen MR) is 137 cm³/mol. The molecule has 0 saturated carbocycles. The lowest BCUT2D eigenvalue weighted by atomic mass is 9.87. The van der Waals surface area contributed by atoms with Crippen LogP contribution in [0.15, 0.2) is 48.7 Å². The largest absolute Gasteiger partial charge is 0.353 e. The maximum atomic E-state index is 12.8. The second-order valence-corrected chi connectivity index (χ2v) is 9.73. The van der Waals surface area contributed by atoms with E-state index in [9.17, 15) is 4.79 Å². The summed E-state index contributed by atoms with van der Waals surface area (Å²) < 4.78 is 0. The summed E-state index contributed by atoms with van der Waals surface area (Å²) in [6.45, 7) is 13.1. The van der Waals surface area contributed by atoms with Gasteiger partial charge in [0.25, 0.3) is 0 Å². The van der Waals surface area contributed by atoms with Crippen LogP contribution < -0.4 is 15.5 Å². The number of aromatic nitrogens is 3. The van der Waals surface area contributed by atoms with E-state index < -0.39 is 0 Å². The number of anilines is 4. The molecule has 8 heteroatoms. The summed E-state index contributed by atoms with van der Waals surface area (Å²) in [5.74, 6) is 2.99. The summed E-state index contributed by atoms with van der Waals surface area (Å²) in [5.41, 5.74) is 3.27. The Bertz CT molecular complexity index is 1150. The highest BCUT2D eigenvalue weighted by molar-refractivity contribution is 5.89. The number of hydrogen-bond acceptors (Lipinski definition) is 6. The van der Waals surface area contributed by atoms with Crippen LogP contribution in [0, 0.1) is 13.8 Å². The van der Waals surface area contributed by atoms with E-state index in [1.54, 1.807) is 6.20 Å². The number of carbonyl (C=O) groups excluding carboxylic acids is 1. The normalized spacial score (nSPS) is 14.1. The number of nitrogens with zero attached hydrogens (tertiary/aromatic N) is 5. The number of amides is 2. The first-order valence-corrected chi connectivity index (χ1v) is 11.6. The van der Waals surface area contributed by atoms with Crippen molar-refractivity contribution in [1.82, 2.24) is 19.9 Å². The third-order valence-electron chi connectivity index (χ3n) is 5.89. The summed E-state index contributed by atoms with van der Waals surface area (Å²) in [4.78, 5) is 30.3. The Labute approximate surface area is 201 Å². The molecular weight excluding hydrogens is 426 g/mol. The van der Waals surface area contributed by atoms with Gasteiger partial charge in [-0.2, -0.15) is 0 Å². The first-order chi connectivity index (χ1) is 16.2. The highest BCUT2D eigenvalue weighted by Gasteiger charge is 2.23. The number of pyridine rings is 1. The number of nitrogens with one attached hydrogen (secondary N) is 2. The van der Waals surface area contributed by atoms with Crippen LogP contribution in [0.4, 0.5) is 27.9 Å². The van der Waals surface area contributed by atoms with Gasteiger partial charge in [-0.05, 0) is 54.7 Å². The fourth-order valence-corrected chi connectivity index (χ4v) is 3.91. The Hall–Kier alpha value is -3.68. The Morgan fingerprint density at radius 2 is 1.62 bits per heavy atom. The van der Waals surface area contributed by atoms with Gasteiger partial charge in [0, 0.05) is 44.1 Å². The summed E-state index contributed by atoms with van der Waals surface area (Å²) in [5, 5.41) is 6.29. The number of carbonyl (C=O) groups is 1. The molecule has 0 bridgehead atoms. The molecule has 1 fully saturated rings. The van der Waals surface area contributed by atoms with Crippen LogP contribution in [-0.2, 0) is 5.41 Å². The number of urea groups is 1. The molecule has 3 heterocycles. The monoisotopic (exact) mass is 459 g/mol.